The summed E-state index contributed by atoms with van der Waals surface area (Å²) in [6, 6.07) is 12.4. The molecule has 5 nitrogen and oxygen atoms in total. The number of halogens is 1. The third-order valence-electron chi connectivity index (χ3n) is 3.21. The predicted octanol–water partition coefficient (Wildman–Crippen LogP) is 3.90. The van der Waals surface area contributed by atoms with Crippen molar-refractivity contribution in [2.45, 2.75) is 6.29 Å². The van der Waals surface area contributed by atoms with Crippen LogP contribution in [0.15, 0.2) is 42.5 Å². The van der Waals surface area contributed by atoms with Crippen LogP contribution in [0.2, 0.25) is 5.02 Å². The number of benzene rings is 2. The lowest BCUT2D eigenvalue weighted by atomic mass is 10.2. The molecule has 1 aliphatic rings. The summed E-state index contributed by atoms with van der Waals surface area (Å²) in [4.78, 5) is 13.1. The first-order valence-corrected chi connectivity index (χ1v) is 7.12. The van der Waals surface area contributed by atoms with E-state index < -0.39 is 6.29 Å². The van der Waals surface area contributed by atoms with Crippen LogP contribution in [-0.4, -0.2) is 25.0 Å². The minimum absolute atomic E-state index is 0.201. The van der Waals surface area contributed by atoms with Crippen LogP contribution in [0.4, 0.5) is 10.5 Å². The summed E-state index contributed by atoms with van der Waals surface area (Å²) in [5, 5.41) is 3.43. The minimum atomic E-state index is -0.507. The zero-order valence-corrected chi connectivity index (χ0v) is 12.9. The van der Waals surface area contributed by atoms with E-state index in [1.54, 1.807) is 44.4 Å². The van der Waals surface area contributed by atoms with Crippen molar-refractivity contribution in [3.05, 3.63) is 53.1 Å². The Hall–Kier alpha value is -2.40. The summed E-state index contributed by atoms with van der Waals surface area (Å²) >= 11 is 5.88. The Balaban J connectivity index is 1.76. The molecule has 0 aliphatic carbocycles. The number of nitrogens with one attached hydrogen (secondary N) is 1. The molecule has 2 amide bonds. The molecular formula is C16H15ClN2O3. The van der Waals surface area contributed by atoms with Crippen LogP contribution in [0, 0.1) is 0 Å². The van der Waals surface area contributed by atoms with Gasteiger partial charge >= 0.3 is 6.03 Å². The molecule has 1 aliphatic heterocycles. The first-order valence-electron chi connectivity index (χ1n) is 6.74. The van der Waals surface area contributed by atoms with Gasteiger partial charge in [-0.25, -0.2) is 4.79 Å². The summed E-state index contributed by atoms with van der Waals surface area (Å²) in [5.41, 5.74) is 1.53. The fourth-order valence-corrected chi connectivity index (χ4v) is 2.15. The van der Waals surface area contributed by atoms with Crippen LogP contribution in [0.25, 0.3) is 0 Å². The lowest BCUT2D eigenvalue weighted by molar-refractivity contribution is 0.0487. The Morgan fingerprint density at radius 3 is 2.45 bits per heavy atom. The molecule has 6 heteroatoms. The fraction of sp³-hybridized carbons (Fsp3) is 0.188. The minimum Gasteiger partial charge on any atom is -0.447 e. The van der Waals surface area contributed by atoms with Crippen molar-refractivity contribution < 1.29 is 14.3 Å². The van der Waals surface area contributed by atoms with E-state index in [-0.39, 0.29) is 6.03 Å². The van der Waals surface area contributed by atoms with Crippen LogP contribution < -0.4 is 14.8 Å². The molecule has 0 radical (unpaired) electrons. The second-order valence-corrected chi connectivity index (χ2v) is 5.54. The number of anilines is 1. The molecule has 0 spiro atoms. The van der Waals surface area contributed by atoms with Gasteiger partial charge in [0.15, 0.2) is 11.5 Å². The van der Waals surface area contributed by atoms with Crippen LogP contribution in [0.1, 0.15) is 11.9 Å². The number of ether oxygens (including phenoxy) is 2. The number of hydrogen-bond donors (Lipinski definition) is 1. The molecular weight excluding hydrogens is 304 g/mol. The lowest BCUT2D eigenvalue weighted by Crippen LogP contribution is -2.27. The lowest BCUT2D eigenvalue weighted by Gasteiger charge is -2.12. The Bertz CT molecular complexity index is 701. The van der Waals surface area contributed by atoms with Crippen molar-refractivity contribution in [1.82, 2.24) is 4.90 Å². The van der Waals surface area contributed by atoms with Gasteiger partial charge in [-0.05, 0) is 24.3 Å². The molecule has 3 rings (SSSR count). The summed E-state index contributed by atoms with van der Waals surface area (Å²) in [6.45, 7) is 0. The van der Waals surface area contributed by atoms with E-state index >= 15 is 0 Å². The van der Waals surface area contributed by atoms with E-state index in [2.05, 4.69) is 5.32 Å². The molecule has 22 heavy (non-hydrogen) atoms. The Morgan fingerprint density at radius 1 is 1.09 bits per heavy atom. The maximum absolute atomic E-state index is 11.7. The molecule has 114 valence electrons. The highest BCUT2D eigenvalue weighted by molar-refractivity contribution is 6.30. The van der Waals surface area contributed by atoms with E-state index in [9.17, 15) is 4.79 Å². The van der Waals surface area contributed by atoms with E-state index in [4.69, 9.17) is 21.1 Å². The second-order valence-electron chi connectivity index (χ2n) is 5.11. The van der Waals surface area contributed by atoms with Crippen molar-refractivity contribution in [2.75, 3.05) is 19.4 Å². The van der Waals surface area contributed by atoms with Gasteiger partial charge in [-0.3, -0.25) is 0 Å². The van der Waals surface area contributed by atoms with Gasteiger partial charge in [-0.1, -0.05) is 23.7 Å². The highest BCUT2D eigenvalue weighted by Crippen LogP contribution is 2.42. The van der Waals surface area contributed by atoms with E-state index in [1.165, 1.54) is 4.90 Å². The standard InChI is InChI=1S/C16H15ClN2O3/c1-19(2)16(20)18-12-7-8-13-14(9-12)22-15(21-13)10-3-5-11(17)6-4-10/h3-9,15H,1-2H3,(H,18,20). The monoisotopic (exact) mass is 318 g/mol. The Labute approximate surface area is 133 Å². The molecule has 1 N–H and O–H groups in total. The topological polar surface area (TPSA) is 50.8 Å². The molecule has 0 aromatic heterocycles. The van der Waals surface area contributed by atoms with Gasteiger partial charge in [-0.2, -0.15) is 0 Å². The fourth-order valence-electron chi connectivity index (χ4n) is 2.02. The number of rotatable bonds is 2. The van der Waals surface area contributed by atoms with Gasteiger partial charge in [0.05, 0.1) is 0 Å². The molecule has 0 fully saturated rings. The van der Waals surface area contributed by atoms with Crippen molar-refractivity contribution in [3.8, 4) is 11.5 Å². The number of nitrogens with zero attached hydrogens (tertiary/aromatic N) is 1. The van der Waals surface area contributed by atoms with Crippen LogP contribution in [-0.2, 0) is 0 Å². The number of amides is 2. The summed E-state index contributed by atoms with van der Waals surface area (Å²) in [6.07, 6.45) is -0.507. The summed E-state index contributed by atoms with van der Waals surface area (Å²) in [7, 11) is 3.36. The average molecular weight is 319 g/mol. The highest BCUT2D eigenvalue weighted by atomic mass is 35.5. The number of fused-ring (bicyclic) bond motifs is 1. The highest BCUT2D eigenvalue weighted by Gasteiger charge is 2.26. The molecule has 1 unspecified atom stereocenters. The molecule has 2 aromatic rings. The second kappa shape index (κ2) is 5.77. The van der Waals surface area contributed by atoms with Gasteiger partial charge in [-0.15, -0.1) is 0 Å². The van der Waals surface area contributed by atoms with Crippen LogP contribution >= 0.6 is 11.6 Å². The number of hydrogen-bond acceptors (Lipinski definition) is 3. The van der Waals surface area contributed by atoms with Gasteiger partial charge < -0.3 is 19.7 Å². The molecule has 2 aromatic carbocycles. The first-order chi connectivity index (χ1) is 10.5. The average Bonchev–Trinajstić information content (AvgIpc) is 2.91. The molecule has 0 saturated heterocycles. The van der Waals surface area contributed by atoms with E-state index in [0.29, 0.717) is 22.2 Å². The van der Waals surface area contributed by atoms with Crippen molar-refractivity contribution in [2.24, 2.45) is 0 Å². The van der Waals surface area contributed by atoms with Crippen LogP contribution in [0.5, 0.6) is 11.5 Å². The quantitative estimate of drug-likeness (QED) is 0.913. The van der Waals surface area contributed by atoms with Gasteiger partial charge in [0.1, 0.15) is 0 Å². The van der Waals surface area contributed by atoms with Gasteiger partial charge in [0.25, 0.3) is 6.29 Å². The Kier molecular flexibility index (Phi) is 3.81. The zero-order valence-electron chi connectivity index (χ0n) is 12.2. The van der Waals surface area contributed by atoms with Crippen molar-refractivity contribution in [1.29, 1.82) is 0 Å². The van der Waals surface area contributed by atoms with Crippen LogP contribution in [0.3, 0.4) is 0 Å². The normalized spacial score (nSPS) is 15.5. The van der Waals surface area contributed by atoms with Gasteiger partial charge in [0.2, 0.25) is 0 Å². The maximum Gasteiger partial charge on any atom is 0.321 e. The van der Waals surface area contributed by atoms with Crippen molar-refractivity contribution in [3.63, 3.8) is 0 Å². The molecule has 0 saturated carbocycles. The summed E-state index contributed by atoms with van der Waals surface area (Å²) in [5.74, 6) is 1.24. The van der Waals surface area contributed by atoms with E-state index in [1.807, 2.05) is 12.1 Å². The molecule has 1 atom stereocenters. The SMILES string of the molecule is CN(C)C(=O)Nc1ccc2c(c1)OC(c1ccc(Cl)cc1)O2. The number of carbonyl (C=O) groups excluding carboxylic acids is 1. The number of carbonyl (C=O) groups is 1. The molecule has 0 bridgehead atoms. The third-order valence-corrected chi connectivity index (χ3v) is 3.46. The summed E-state index contributed by atoms with van der Waals surface area (Å²) < 4.78 is 11.5. The van der Waals surface area contributed by atoms with E-state index in [0.717, 1.165) is 5.56 Å². The number of urea groups is 1. The third kappa shape index (κ3) is 2.94. The first kappa shape index (κ1) is 14.5. The maximum atomic E-state index is 11.7. The zero-order chi connectivity index (χ0) is 15.7. The smallest absolute Gasteiger partial charge is 0.321 e. The molecule has 1 heterocycles. The van der Waals surface area contributed by atoms with Crippen molar-refractivity contribution >= 4 is 23.3 Å². The largest absolute Gasteiger partial charge is 0.447 e. The van der Waals surface area contributed by atoms with Gasteiger partial charge in [0, 0.05) is 36.4 Å². The predicted molar refractivity (Wildman–Crippen MR) is 84.6 cm³/mol. The Morgan fingerprint density at radius 2 is 1.77 bits per heavy atom.